The van der Waals surface area contributed by atoms with Gasteiger partial charge in [-0.1, -0.05) is 43.3 Å². The topological polar surface area (TPSA) is 30.5 Å². The Morgan fingerprint density at radius 2 is 1.57 bits per heavy atom. The lowest BCUT2D eigenvalue weighted by atomic mass is 10.1. The lowest BCUT2D eigenvalue weighted by Gasteiger charge is -2.10. The molecule has 0 atom stereocenters. The van der Waals surface area contributed by atoms with Gasteiger partial charge in [-0.3, -0.25) is 0 Å². The number of hydrogen-bond donors (Lipinski definition) is 1. The molecule has 0 aliphatic heterocycles. The van der Waals surface area contributed by atoms with Crippen molar-refractivity contribution in [3.05, 3.63) is 59.7 Å². The van der Waals surface area contributed by atoms with E-state index in [2.05, 4.69) is 36.5 Å². The van der Waals surface area contributed by atoms with Gasteiger partial charge in [0.25, 0.3) is 0 Å². The summed E-state index contributed by atoms with van der Waals surface area (Å²) in [7, 11) is 1.65. The average Bonchev–Trinajstić information content (AvgIpc) is 2.54. The van der Waals surface area contributed by atoms with E-state index in [-0.39, 0.29) is 0 Å². The highest BCUT2D eigenvalue weighted by Crippen LogP contribution is 2.26. The maximum Gasteiger partial charge on any atom is 0.161 e. The molecule has 0 amide bonds. The van der Waals surface area contributed by atoms with E-state index in [4.69, 9.17) is 9.47 Å². The molecule has 0 saturated carbocycles. The number of ether oxygens (including phenoxy) is 2. The average molecular weight is 285 g/mol. The molecule has 0 aliphatic rings. The van der Waals surface area contributed by atoms with Crippen molar-refractivity contribution in [2.75, 3.05) is 13.7 Å². The van der Waals surface area contributed by atoms with Gasteiger partial charge in [0.1, 0.15) is 6.61 Å². The van der Waals surface area contributed by atoms with Crippen LogP contribution in [0.5, 0.6) is 11.5 Å². The molecular formula is C18H23NO2. The van der Waals surface area contributed by atoms with Gasteiger partial charge in [-0.25, -0.2) is 0 Å². The van der Waals surface area contributed by atoms with Crippen LogP contribution in [0.25, 0.3) is 0 Å². The molecule has 0 spiro atoms. The van der Waals surface area contributed by atoms with Crippen LogP contribution in [0.2, 0.25) is 0 Å². The van der Waals surface area contributed by atoms with Gasteiger partial charge in [-0.05, 0) is 36.2 Å². The van der Waals surface area contributed by atoms with Crippen LogP contribution in [-0.4, -0.2) is 13.7 Å². The van der Waals surface area contributed by atoms with Crippen molar-refractivity contribution < 1.29 is 9.47 Å². The minimum atomic E-state index is 0.545. The summed E-state index contributed by atoms with van der Waals surface area (Å²) < 4.78 is 11.1. The van der Waals surface area contributed by atoms with Gasteiger partial charge in [0, 0.05) is 6.54 Å². The first-order chi connectivity index (χ1) is 10.3. The van der Waals surface area contributed by atoms with Gasteiger partial charge >= 0.3 is 0 Å². The third-order valence-corrected chi connectivity index (χ3v) is 3.24. The Kier molecular flexibility index (Phi) is 6.10. The molecule has 0 aromatic heterocycles. The first kappa shape index (κ1) is 15.4. The molecule has 1 N–H and O–H groups in total. The zero-order valence-corrected chi connectivity index (χ0v) is 12.8. The van der Waals surface area contributed by atoms with E-state index < -0.39 is 0 Å². The van der Waals surface area contributed by atoms with Gasteiger partial charge in [-0.2, -0.15) is 0 Å². The molecule has 0 unspecified atom stereocenters. The van der Waals surface area contributed by atoms with E-state index in [1.165, 1.54) is 5.56 Å². The Balaban J connectivity index is 1.88. The van der Waals surface area contributed by atoms with Crippen LogP contribution in [0.4, 0.5) is 0 Å². The molecule has 112 valence electrons. The van der Waals surface area contributed by atoms with Crippen LogP contribution in [0, 0.1) is 0 Å². The molecule has 2 rings (SSSR count). The van der Waals surface area contributed by atoms with Gasteiger partial charge in [-0.15, -0.1) is 0 Å². The molecule has 0 radical (unpaired) electrons. The van der Waals surface area contributed by atoms with Crippen LogP contribution in [0.1, 0.15) is 24.5 Å². The minimum Gasteiger partial charge on any atom is -0.493 e. The molecule has 0 aliphatic carbocycles. The van der Waals surface area contributed by atoms with E-state index >= 15 is 0 Å². The SMILES string of the molecule is CCCNCc1ccc(COc2ccccc2OC)cc1. The highest BCUT2D eigenvalue weighted by Gasteiger charge is 2.03. The van der Waals surface area contributed by atoms with Crippen LogP contribution in [-0.2, 0) is 13.2 Å². The first-order valence-electron chi connectivity index (χ1n) is 7.38. The standard InChI is InChI=1S/C18H23NO2/c1-3-12-19-13-15-8-10-16(11-9-15)14-21-18-7-5-4-6-17(18)20-2/h4-11,19H,3,12-14H2,1-2H3. The Bertz CT molecular complexity index is 537. The predicted octanol–water partition coefficient (Wildman–Crippen LogP) is 3.77. The first-order valence-corrected chi connectivity index (χ1v) is 7.38. The highest BCUT2D eigenvalue weighted by atomic mass is 16.5. The zero-order chi connectivity index (χ0) is 14.9. The molecule has 0 bridgehead atoms. The second-order valence-electron chi connectivity index (χ2n) is 4.93. The van der Waals surface area contributed by atoms with Gasteiger partial charge in [0.15, 0.2) is 11.5 Å². The Morgan fingerprint density at radius 3 is 2.24 bits per heavy atom. The van der Waals surface area contributed by atoms with Crippen molar-refractivity contribution in [2.24, 2.45) is 0 Å². The number of nitrogens with one attached hydrogen (secondary N) is 1. The van der Waals surface area contributed by atoms with Crippen molar-refractivity contribution in [1.82, 2.24) is 5.32 Å². The van der Waals surface area contributed by atoms with Crippen LogP contribution in [0.15, 0.2) is 48.5 Å². The third kappa shape index (κ3) is 4.80. The lowest BCUT2D eigenvalue weighted by Crippen LogP contribution is -2.13. The van der Waals surface area contributed by atoms with Gasteiger partial charge in [0.05, 0.1) is 7.11 Å². The summed E-state index contributed by atoms with van der Waals surface area (Å²) in [5, 5.41) is 3.40. The highest BCUT2D eigenvalue weighted by molar-refractivity contribution is 5.39. The lowest BCUT2D eigenvalue weighted by molar-refractivity contribution is 0.284. The number of rotatable bonds is 8. The van der Waals surface area contributed by atoms with Crippen molar-refractivity contribution in [1.29, 1.82) is 0 Å². The molecule has 21 heavy (non-hydrogen) atoms. The second kappa shape index (κ2) is 8.32. The Hall–Kier alpha value is -2.00. The fraction of sp³-hybridized carbons (Fsp3) is 0.333. The van der Waals surface area contributed by atoms with E-state index in [0.29, 0.717) is 6.61 Å². The summed E-state index contributed by atoms with van der Waals surface area (Å²) in [4.78, 5) is 0. The molecule has 3 nitrogen and oxygen atoms in total. The number of methoxy groups -OCH3 is 1. The summed E-state index contributed by atoms with van der Waals surface area (Å²) in [5.41, 5.74) is 2.45. The fourth-order valence-electron chi connectivity index (χ4n) is 2.06. The molecule has 0 saturated heterocycles. The number of para-hydroxylation sites is 2. The zero-order valence-electron chi connectivity index (χ0n) is 12.8. The Labute approximate surface area is 126 Å². The van der Waals surface area contributed by atoms with Crippen molar-refractivity contribution in [3.63, 3.8) is 0 Å². The maximum absolute atomic E-state index is 5.81. The Morgan fingerprint density at radius 1 is 0.905 bits per heavy atom. The maximum atomic E-state index is 5.81. The summed E-state index contributed by atoms with van der Waals surface area (Å²) in [6.07, 6.45) is 1.16. The van der Waals surface area contributed by atoms with Gasteiger partial charge < -0.3 is 14.8 Å². The molecule has 2 aromatic rings. The summed E-state index contributed by atoms with van der Waals surface area (Å²) in [5.74, 6) is 1.53. The smallest absolute Gasteiger partial charge is 0.161 e. The van der Waals surface area contributed by atoms with Crippen LogP contribution in [0.3, 0.4) is 0 Å². The predicted molar refractivity (Wildman–Crippen MR) is 85.8 cm³/mol. The van der Waals surface area contributed by atoms with Crippen molar-refractivity contribution in [2.45, 2.75) is 26.5 Å². The molecule has 0 heterocycles. The summed E-state index contributed by atoms with van der Waals surface area (Å²) in [6.45, 7) is 4.69. The quantitative estimate of drug-likeness (QED) is 0.749. The molecule has 3 heteroatoms. The molecular weight excluding hydrogens is 262 g/mol. The number of hydrogen-bond acceptors (Lipinski definition) is 3. The van der Waals surface area contributed by atoms with Crippen LogP contribution < -0.4 is 14.8 Å². The normalized spacial score (nSPS) is 10.4. The minimum absolute atomic E-state index is 0.545. The van der Waals surface area contributed by atoms with Crippen molar-refractivity contribution in [3.8, 4) is 11.5 Å². The van der Waals surface area contributed by atoms with Gasteiger partial charge in [0.2, 0.25) is 0 Å². The summed E-state index contributed by atoms with van der Waals surface area (Å²) >= 11 is 0. The van der Waals surface area contributed by atoms with E-state index in [0.717, 1.165) is 36.6 Å². The molecule has 0 fully saturated rings. The fourth-order valence-corrected chi connectivity index (χ4v) is 2.06. The largest absolute Gasteiger partial charge is 0.493 e. The third-order valence-electron chi connectivity index (χ3n) is 3.24. The monoisotopic (exact) mass is 285 g/mol. The summed E-state index contributed by atoms with van der Waals surface area (Å²) in [6, 6.07) is 16.2. The second-order valence-corrected chi connectivity index (χ2v) is 4.93. The molecule has 2 aromatic carbocycles. The number of benzene rings is 2. The van der Waals surface area contributed by atoms with Crippen LogP contribution >= 0.6 is 0 Å². The van der Waals surface area contributed by atoms with Crippen molar-refractivity contribution >= 4 is 0 Å². The van der Waals surface area contributed by atoms with E-state index in [1.54, 1.807) is 7.11 Å². The van der Waals surface area contributed by atoms with E-state index in [9.17, 15) is 0 Å². The van der Waals surface area contributed by atoms with E-state index in [1.807, 2.05) is 24.3 Å².